The highest BCUT2D eigenvalue weighted by Crippen LogP contribution is 2.29. The highest BCUT2D eigenvalue weighted by molar-refractivity contribution is 5.68. The van der Waals surface area contributed by atoms with E-state index in [-0.39, 0.29) is 5.82 Å². The molecule has 0 bridgehead atoms. The maximum absolute atomic E-state index is 13.0. The number of methoxy groups -OCH3 is 1. The molecule has 0 radical (unpaired) electrons. The number of aryl methyl sites for hydroxylation is 2. The van der Waals surface area contributed by atoms with E-state index in [4.69, 9.17) is 4.74 Å². The van der Waals surface area contributed by atoms with Crippen LogP contribution in [0.25, 0.3) is 29.2 Å². The van der Waals surface area contributed by atoms with Gasteiger partial charge in [-0.15, -0.1) is 0 Å². The number of rotatable bonds is 5. The maximum Gasteiger partial charge on any atom is 0.174 e. The largest absolute Gasteiger partial charge is 0.495 e. The third kappa shape index (κ3) is 3.94. The van der Waals surface area contributed by atoms with E-state index >= 15 is 0 Å². The first-order chi connectivity index (χ1) is 14.0. The molecule has 146 valence electrons. The van der Waals surface area contributed by atoms with Gasteiger partial charge < -0.3 is 9.30 Å². The second-order valence-electron chi connectivity index (χ2n) is 6.61. The topological polar surface area (TPSA) is 57.8 Å². The van der Waals surface area contributed by atoms with Gasteiger partial charge in [0.25, 0.3) is 0 Å². The van der Waals surface area contributed by atoms with E-state index in [9.17, 15) is 4.39 Å². The minimum Gasteiger partial charge on any atom is -0.495 e. The minimum atomic E-state index is -0.261. The fourth-order valence-electron chi connectivity index (χ4n) is 3.05. The van der Waals surface area contributed by atoms with Crippen molar-refractivity contribution in [2.45, 2.75) is 6.92 Å². The van der Waals surface area contributed by atoms with E-state index in [1.54, 1.807) is 36.3 Å². The van der Waals surface area contributed by atoms with Crippen LogP contribution in [0.2, 0.25) is 0 Å². The molecule has 4 aromatic rings. The first-order valence-electron chi connectivity index (χ1n) is 9.07. The maximum atomic E-state index is 13.0. The number of nitrogens with zero attached hydrogens (tertiary/aromatic N) is 5. The summed E-state index contributed by atoms with van der Waals surface area (Å²) in [6.07, 6.45) is 7.35. The summed E-state index contributed by atoms with van der Waals surface area (Å²) in [6, 6.07) is 12.1. The van der Waals surface area contributed by atoms with Gasteiger partial charge in [0.2, 0.25) is 0 Å². The van der Waals surface area contributed by atoms with Crippen LogP contribution in [-0.4, -0.2) is 31.4 Å². The fourth-order valence-corrected chi connectivity index (χ4v) is 3.05. The van der Waals surface area contributed by atoms with Crippen molar-refractivity contribution in [1.82, 2.24) is 24.3 Å². The summed E-state index contributed by atoms with van der Waals surface area (Å²) >= 11 is 0. The predicted octanol–water partition coefficient (Wildman–Crippen LogP) is 4.29. The second kappa shape index (κ2) is 7.71. The molecule has 0 unspecified atom stereocenters. The van der Waals surface area contributed by atoms with Crippen molar-refractivity contribution in [3.8, 4) is 22.8 Å². The Morgan fingerprint density at radius 1 is 1.07 bits per heavy atom. The van der Waals surface area contributed by atoms with Gasteiger partial charge in [-0.3, -0.25) is 0 Å². The number of hydrogen-bond acceptors (Lipinski definition) is 4. The highest BCUT2D eigenvalue weighted by Gasteiger charge is 2.13. The van der Waals surface area contributed by atoms with Gasteiger partial charge in [-0.2, -0.15) is 5.10 Å². The molecule has 0 fully saturated rings. The van der Waals surface area contributed by atoms with Gasteiger partial charge in [0.05, 0.1) is 24.8 Å². The Balaban J connectivity index is 1.64. The lowest BCUT2D eigenvalue weighted by Crippen LogP contribution is -1.98. The van der Waals surface area contributed by atoms with Crippen LogP contribution in [0.15, 0.2) is 55.0 Å². The number of aromatic nitrogens is 5. The van der Waals surface area contributed by atoms with Crippen LogP contribution in [0.3, 0.4) is 0 Å². The summed E-state index contributed by atoms with van der Waals surface area (Å²) in [4.78, 5) is 8.88. The molecule has 7 heteroatoms. The molecule has 0 N–H and O–H groups in total. The van der Waals surface area contributed by atoms with Gasteiger partial charge in [0.1, 0.15) is 11.6 Å². The van der Waals surface area contributed by atoms with Crippen molar-refractivity contribution >= 4 is 12.2 Å². The number of imidazole rings is 1. The average Bonchev–Trinajstić information content (AvgIpc) is 3.32. The van der Waals surface area contributed by atoms with Crippen molar-refractivity contribution < 1.29 is 9.13 Å². The summed E-state index contributed by atoms with van der Waals surface area (Å²) in [6.45, 7) is 1.94. The van der Waals surface area contributed by atoms with Gasteiger partial charge in [-0.05, 0) is 48.9 Å². The van der Waals surface area contributed by atoms with Crippen LogP contribution >= 0.6 is 0 Å². The average molecular weight is 389 g/mol. The molecule has 0 aliphatic heterocycles. The van der Waals surface area contributed by atoms with E-state index < -0.39 is 0 Å². The monoisotopic (exact) mass is 389 g/mol. The molecule has 0 saturated heterocycles. The zero-order valence-electron chi connectivity index (χ0n) is 16.4. The summed E-state index contributed by atoms with van der Waals surface area (Å²) in [5.41, 5.74) is 3.60. The molecule has 2 aromatic carbocycles. The van der Waals surface area contributed by atoms with Gasteiger partial charge >= 0.3 is 0 Å². The summed E-state index contributed by atoms with van der Waals surface area (Å²) in [5.74, 6) is 1.74. The molecule has 29 heavy (non-hydrogen) atoms. The Morgan fingerprint density at radius 3 is 2.55 bits per heavy atom. The van der Waals surface area contributed by atoms with Crippen LogP contribution in [0.5, 0.6) is 5.75 Å². The predicted molar refractivity (Wildman–Crippen MR) is 110 cm³/mol. The molecule has 0 aliphatic rings. The summed E-state index contributed by atoms with van der Waals surface area (Å²) in [7, 11) is 3.48. The van der Waals surface area contributed by atoms with Gasteiger partial charge in [0.15, 0.2) is 11.6 Å². The number of halogens is 1. The standard InChI is InChI=1S/C22H20FN5O/c1-15-13-28(14-24-15)19-10-7-17(12-20(19)29-3)22-25-21(26-27(22)2)11-6-16-4-8-18(23)9-5-16/h4-14H,1-3H3/b11-6+. The Morgan fingerprint density at radius 2 is 1.86 bits per heavy atom. The molecular formula is C22H20FN5O. The molecule has 6 nitrogen and oxygen atoms in total. The van der Waals surface area contributed by atoms with Gasteiger partial charge in [0, 0.05) is 18.8 Å². The zero-order chi connectivity index (χ0) is 20.4. The van der Waals surface area contributed by atoms with Gasteiger partial charge in [-0.1, -0.05) is 18.2 Å². The third-order valence-corrected chi connectivity index (χ3v) is 4.50. The van der Waals surface area contributed by atoms with E-state index in [2.05, 4.69) is 15.1 Å². The Bertz CT molecular complexity index is 1170. The van der Waals surface area contributed by atoms with Crippen molar-refractivity contribution in [3.05, 3.63) is 77.9 Å². The SMILES string of the molecule is COc1cc(-c2nc(/C=C/c3ccc(F)cc3)nn2C)ccc1-n1cnc(C)c1. The molecule has 0 atom stereocenters. The van der Waals surface area contributed by atoms with Crippen LogP contribution < -0.4 is 4.74 Å². The number of hydrogen-bond donors (Lipinski definition) is 0. The molecule has 2 aromatic heterocycles. The highest BCUT2D eigenvalue weighted by atomic mass is 19.1. The first kappa shape index (κ1) is 18.6. The quantitative estimate of drug-likeness (QED) is 0.511. The molecule has 2 heterocycles. The van der Waals surface area contributed by atoms with Crippen LogP contribution in [-0.2, 0) is 7.05 Å². The first-order valence-corrected chi connectivity index (χ1v) is 9.07. The molecule has 0 spiro atoms. The normalized spacial score (nSPS) is 11.3. The van der Waals surface area contributed by atoms with E-state index in [1.165, 1.54) is 12.1 Å². The lowest BCUT2D eigenvalue weighted by Gasteiger charge is -2.11. The molecule has 4 rings (SSSR count). The van der Waals surface area contributed by atoms with Crippen molar-refractivity contribution in [2.75, 3.05) is 7.11 Å². The van der Waals surface area contributed by atoms with Gasteiger partial charge in [-0.25, -0.2) is 19.0 Å². The number of benzene rings is 2. The molecule has 0 saturated carbocycles. The molecular weight excluding hydrogens is 369 g/mol. The summed E-state index contributed by atoms with van der Waals surface area (Å²) < 4.78 is 22.3. The minimum absolute atomic E-state index is 0.261. The third-order valence-electron chi connectivity index (χ3n) is 4.50. The summed E-state index contributed by atoms with van der Waals surface area (Å²) in [5, 5.41) is 4.45. The molecule has 0 aliphatic carbocycles. The Kier molecular flexibility index (Phi) is 4.95. The smallest absolute Gasteiger partial charge is 0.174 e. The van der Waals surface area contributed by atoms with Crippen molar-refractivity contribution in [3.63, 3.8) is 0 Å². The van der Waals surface area contributed by atoms with Crippen LogP contribution in [0.4, 0.5) is 4.39 Å². The lowest BCUT2D eigenvalue weighted by molar-refractivity contribution is 0.413. The molecule has 0 amide bonds. The zero-order valence-corrected chi connectivity index (χ0v) is 16.4. The van der Waals surface area contributed by atoms with E-state index in [0.717, 1.165) is 28.3 Å². The van der Waals surface area contributed by atoms with Crippen molar-refractivity contribution in [1.29, 1.82) is 0 Å². The number of ether oxygens (including phenoxy) is 1. The Hall–Kier alpha value is -3.74. The lowest BCUT2D eigenvalue weighted by atomic mass is 10.1. The van der Waals surface area contributed by atoms with Crippen molar-refractivity contribution in [2.24, 2.45) is 7.05 Å². The fraction of sp³-hybridized carbons (Fsp3) is 0.136. The van der Waals surface area contributed by atoms with E-state index in [1.807, 2.05) is 49.0 Å². The van der Waals surface area contributed by atoms with E-state index in [0.29, 0.717) is 11.6 Å². The Labute approximate surface area is 167 Å². The van der Waals surface area contributed by atoms with Crippen LogP contribution in [0, 0.1) is 12.7 Å². The van der Waals surface area contributed by atoms with Crippen LogP contribution in [0.1, 0.15) is 17.1 Å². The second-order valence-corrected chi connectivity index (χ2v) is 6.61.